The van der Waals surface area contributed by atoms with Crippen LogP contribution in [0.5, 0.6) is 5.75 Å². The van der Waals surface area contributed by atoms with Crippen LogP contribution in [0.25, 0.3) is 10.9 Å². The Morgan fingerprint density at radius 2 is 1.85 bits per heavy atom. The van der Waals surface area contributed by atoms with Crippen LogP contribution in [0.15, 0.2) is 48.5 Å². The van der Waals surface area contributed by atoms with Crippen molar-refractivity contribution in [3.63, 3.8) is 0 Å². The van der Waals surface area contributed by atoms with Crippen molar-refractivity contribution in [1.29, 1.82) is 0 Å². The van der Waals surface area contributed by atoms with Crippen LogP contribution in [-0.2, 0) is 26.5 Å². The van der Waals surface area contributed by atoms with Gasteiger partial charge in [-0.3, -0.25) is 0 Å². The average Bonchev–Trinajstić information content (AvgIpc) is 3.12. The summed E-state index contributed by atoms with van der Waals surface area (Å²) in [5, 5.41) is 1.37. The van der Waals surface area contributed by atoms with Crippen molar-refractivity contribution in [3.05, 3.63) is 65.4 Å². The molecule has 0 amide bonds. The number of hydrogen-bond acceptors (Lipinski definition) is 2. The minimum Gasteiger partial charge on any atom is -0.489 e. The first-order valence-corrected chi connectivity index (χ1v) is 9.03. The number of nitrogens with zero attached hydrogens (tertiary/aromatic N) is 2. The van der Waals surface area contributed by atoms with Gasteiger partial charge in [0.05, 0.1) is 0 Å². The van der Waals surface area contributed by atoms with E-state index in [-0.39, 0.29) is 12.4 Å². The minimum atomic E-state index is 0. The van der Waals surface area contributed by atoms with Crippen LogP contribution in [0.3, 0.4) is 0 Å². The molecule has 0 saturated heterocycles. The van der Waals surface area contributed by atoms with E-state index in [4.69, 9.17) is 4.74 Å². The van der Waals surface area contributed by atoms with Gasteiger partial charge < -0.3 is 14.2 Å². The molecule has 0 radical (unpaired) electrons. The van der Waals surface area contributed by atoms with Crippen LogP contribution in [0.1, 0.15) is 16.8 Å². The van der Waals surface area contributed by atoms with Gasteiger partial charge in [0.1, 0.15) is 12.4 Å². The molecule has 26 heavy (non-hydrogen) atoms. The van der Waals surface area contributed by atoms with Crippen molar-refractivity contribution in [1.82, 2.24) is 9.47 Å². The van der Waals surface area contributed by atoms with Crippen molar-refractivity contribution in [2.75, 3.05) is 20.6 Å². The molecule has 0 fully saturated rings. The van der Waals surface area contributed by atoms with Crippen LogP contribution in [0, 0.1) is 5.92 Å². The Balaban J connectivity index is 0.00000196. The van der Waals surface area contributed by atoms with Crippen molar-refractivity contribution >= 4 is 23.3 Å². The van der Waals surface area contributed by atoms with Gasteiger partial charge in [0.25, 0.3) is 0 Å². The second kappa shape index (κ2) is 7.73. The topological polar surface area (TPSA) is 17.4 Å². The molecule has 3 nitrogen and oxygen atoms in total. The molecule has 0 saturated carbocycles. The van der Waals surface area contributed by atoms with Gasteiger partial charge in [-0.05, 0) is 62.2 Å². The van der Waals surface area contributed by atoms with E-state index in [9.17, 15) is 0 Å². The van der Waals surface area contributed by atoms with Gasteiger partial charge in [-0.15, -0.1) is 12.4 Å². The highest BCUT2D eigenvalue weighted by Gasteiger charge is 2.27. The lowest BCUT2D eigenvalue weighted by Crippen LogP contribution is -2.22. The van der Waals surface area contributed by atoms with Gasteiger partial charge in [0, 0.05) is 30.2 Å². The molecule has 2 aromatic carbocycles. The highest BCUT2D eigenvalue weighted by Crippen LogP contribution is 2.37. The van der Waals surface area contributed by atoms with Crippen molar-refractivity contribution < 1.29 is 4.74 Å². The Labute approximate surface area is 162 Å². The zero-order valence-corrected chi connectivity index (χ0v) is 16.6. The van der Waals surface area contributed by atoms with Crippen molar-refractivity contribution in [3.8, 4) is 5.75 Å². The van der Waals surface area contributed by atoms with E-state index in [1.54, 1.807) is 0 Å². The summed E-state index contributed by atoms with van der Waals surface area (Å²) in [5.41, 5.74) is 5.55. The summed E-state index contributed by atoms with van der Waals surface area (Å²) in [6, 6.07) is 16.9. The Morgan fingerprint density at radius 3 is 2.58 bits per heavy atom. The lowest BCUT2D eigenvalue weighted by atomic mass is 10.0. The molecule has 1 unspecified atom stereocenters. The molecule has 0 aliphatic heterocycles. The predicted octanol–water partition coefficient (Wildman–Crippen LogP) is 4.46. The first-order chi connectivity index (χ1) is 12.1. The third-order valence-corrected chi connectivity index (χ3v) is 5.25. The summed E-state index contributed by atoms with van der Waals surface area (Å²) in [7, 11) is 6.52. The maximum absolute atomic E-state index is 6.04. The third-order valence-electron chi connectivity index (χ3n) is 5.25. The lowest BCUT2D eigenvalue weighted by molar-refractivity contribution is 0.306. The molecular weight excluding hydrogens is 344 g/mol. The molecule has 1 aromatic heterocycles. The highest BCUT2D eigenvalue weighted by atomic mass is 35.5. The van der Waals surface area contributed by atoms with Gasteiger partial charge in [-0.25, -0.2) is 0 Å². The van der Waals surface area contributed by atoms with Crippen LogP contribution in [0.4, 0.5) is 0 Å². The number of hydrogen-bond donors (Lipinski definition) is 0. The van der Waals surface area contributed by atoms with Gasteiger partial charge >= 0.3 is 0 Å². The molecule has 4 rings (SSSR count). The third kappa shape index (κ3) is 3.60. The van der Waals surface area contributed by atoms with Gasteiger partial charge in [-0.1, -0.05) is 30.3 Å². The number of ether oxygens (including phenoxy) is 1. The Bertz CT molecular complexity index is 886. The summed E-state index contributed by atoms with van der Waals surface area (Å²) < 4.78 is 8.42. The number of aryl methyl sites for hydroxylation is 1. The van der Waals surface area contributed by atoms with E-state index < -0.39 is 0 Å². The standard InChI is InChI=1S/C22H26N2O.ClH/c1-23(2)14-17-11-19-20-13-18(25-15-16-7-5-4-6-8-16)9-10-21(20)24(3)22(19)12-17;/h4-10,13,17H,11-12,14-15H2,1-3H3;1H. The Hall–Kier alpha value is -1.97. The molecule has 0 spiro atoms. The van der Waals surface area contributed by atoms with Gasteiger partial charge in [0.15, 0.2) is 0 Å². The lowest BCUT2D eigenvalue weighted by Gasteiger charge is -2.16. The smallest absolute Gasteiger partial charge is 0.120 e. The van der Waals surface area contributed by atoms with E-state index in [2.05, 4.69) is 73.1 Å². The molecule has 1 aliphatic carbocycles. The number of halogens is 1. The van der Waals surface area contributed by atoms with E-state index in [0.29, 0.717) is 6.61 Å². The van der Waals surface area contributed by atoms with Crippen LogP contribution < -0.4 is 4.74 Å². The molecule has 138 valence electrons. The van der Waals surface area contributed by atoms with Gasteiger partial charge in [0.2, 0.25) is 0 Å². The maximum atomic E-state index is 6.04. The molecular formula is C22H27ClN2O. The molecule has 0 N–H and O–H groups in total. The van der Waals surface area contributed by atoms with E-state index in [1.807, 2.05) is 6.07 Å². The highest BCUT2D eigenvalue weighted by molar-refractivity contribution is 5.87. The average molecular weight is 371 g/mol. The molecule has 1 heterocycles. The number of benzene rings is 2. The van der Waals surface area contributed by atoms with Crippen LogP contribution in [0.2, 0.25) is 0 Å². The molecule has 0 bridgehead atoms. The normalized spacial score (nSPS) is 15.9. The monoisotopic (exact) mass is 370 g/mol. The fourth-order valence-electron chi connectivity index (χ4n) is 4.15. The largest absolute Gasteiger partial charge is 0.489 e. The molecule has 4 heteroatoms. The molecule has 1 aliphatic rings. The van der Waals surface area contributed by atoms with Gasteiger partial charge in [-0.2, -0.15) is 0 Å². The Kier molecular flexibility index (Phi) is 5.59. The summed E-state index contributed by atoms with van der Waals surface area (Å²) in [6.45, 7) is 1.77. The predicted molar refractivity (Wildman–Crippen MR) is 110 cm³/mol. The molecule has 1 atom stereocenters. The zero-order chi connectivity index (χ0) is 17.4. The SMILES string of the molecule is CN(C)CC1Cc2c(n(C)c3ccc(OCc4ccccc4)cc23)C1.Cl. The summed E-state index contributed by atoms with van der Waals surface area (Å²) in [5.74, 6) is 1.69. The summed E-state index contributed by atoms with van der Waals surface area (Å²) in [4.78, 5) is 2.30. The minimum absolute atomic E-state index is 0. The maximum Gasteiger partial charge on any atom is 0.120 e. The van der Waals surface area contributed by atoms with E-state index in [1.165, 1.54) is 40.6 Å². The summed E-state index contributed by atoms with van der Waals surface area (Å²) >= 11 is 0. The van der Waals surface area contributed by atoms with Crippen molar-refractivity contribution in [2.24, 2.45) is 13.0 Å². The number of rotatable bonds is 5. The van der Waals surface area contributed by atoms with Crippen LogP contribution in [-0.4, -0.2) is 30.1 Å². The summed E-state index contributed by atoms with van der Waals surface area (Å²) in [6.07, 6.45) is 2.35. The zero-order valence-electron chi connectivity index (χ0n) is 15.7. The molecule has 3 aromatic rings. The quantitative estimate of drug-likeness (QED) is 0.660. The number of aromatic nitrogens is 1. The number of fused-ring (bicyclic) bond motifs is 3. The second-order valence-corrected chi connectivity index (χ2v) is 7.47. The first kappa shape index (κ1) is 18.8. The Morgan fingerprint density at radius 1 is 1.08 bits per heavy atom. The van der Waals surface area contributed by atoms with Crippen molar-refractivity contribution in [2.45, 2.75) is 19.4 Å². The van der Waals surface area contributed by atoms with E-state index in [0.717, 1.165) is 18.2 Å². The second-order valence-electron chi connectivity index (χ2n) is 7.47. The van der Waals surface area contributed by atoms with Crippen LogP contribution >= 0.6 is 12.4 Å². The fraction of sp³-hybridized carbons (Fsp3) is 0.364. The first-order valence-electron chi connectivity index (χ1n) is 9.03. The fourth-order valence-corrected chi connectivity index (χ4v) is 4.15. The van der Waals surface area contributed by atoms with E-state index >= 15 is 0 Å².